The molecule has 0 unspecified atom stereocenters. The highest BCUT2D eigenvalue weighted by molar-refractivity contribution is 7.17. The molecule has 4 rings (SSSR count). The van der Waals surface area contributed by atoms with Crippen LogP contribution < -0.4 is 5.56 Å². The Morgan fingerprint density at radius 3 is 2.64 bits per heavy atom. The first-order valence-electron chi connectivity index (χ1n) is 9.15. The highest BCUT2D eigenvalue weighted by Gasteiger charge is 2.17. The normalized spacial score (nSPS) is 11.0. The number of H-pyrrole nitrogens is 1. The highest BCUT2D eigenvalue weighted by Crippen LogP contribution is 2.16. The van der Waals surface area contributed by atoms with Crippen molar-refractivity contribution in [3.05, 3.63) is 82.0 Å². The summed E-state index contributed by atoms with van der Waals surface area (Å²) in [7, 11) is 0. The second kappa shape index (κ2) is 7.82. The fourth-order valence-electron chi connectivity index (χ4n) is 3.16. The number of aromatic amines is 1. The second-order valence-electron chi connectivity index (χ2n) is 6.51. The molecule has 0 aliphatic heterocycles. The molecule has 142 valence electrons. The van der Waals surface area contributed by atoms with Crippen LogP contribution >= 0.6 is 11.3 Å². The molecule has 0 spiro atoms. The first-order valence-corrected chi connectivity index (χ1v) is 10.0. The van der Waals surface area contributed by atoms with E-state index in [1.54, 1.807) is 4.90 Å². The highest BCUT2D eigenvalue weighted by atomic mass is 32.1. The molecule has 1 N–H and O–H groups in total. The lowest BCUT2D eigenvalue weighted by atomic mass is 10.1. The summed E-state index contributed by atoms with van der Waals surface area (Å²) in [4.78, 5) is 34.3. The molecule has 0 aliphatic carbocycles. The van der Waals surface area contributed by atoms with E-state index >= 15 is 0 Å². The van der Waals surface area contributed by atoms with Crippen molar-refractivity contribution < 1.29 is 4.79 Å². The monoisotopic (exact) mass is 392 g/mol. The zero-order valence-electron chi connectivity index (χ0n) is 15.5. The number of benzene rings is 1. The average molecular weight is 392 g/mol. The van der Waals surface area contributed by atoms with Crippen LogP contribution in [0, 0.1) is 0 Å². The van der Waals surface area contributed by atoms with E-state index in [-0.39, 0.29) is 18.0 Å². The molecule has 28 heavy (non-hydrogen) atoms. The number of amides is 1. The number of rotatable bonds is 6. The van der Waals surface area contributed by atoms with Crippen LogP contribution in [0.1, 0.15) is 29.5 Å². The minimum atomic E-state index is -0.157. The van der Waals surface area contributed by atoms with E-state index in [1.807, 2.05) is 71.7 Å². The largest absolute Gasteiger partial charge is 0.331 e. The number of hydrogen-bond donors (Lipinski definition) is 1. The number of carbonyl (C=O) groups is 1. The number of thiophene rings is 1. The van der Waals surface area contributed by atoms with Gasteiger partial charge in [0.1, 0.15) is 10.5 Å². The molecular formula is C21H20N4O2S. The van der Waals surface area contributed by atoms with Crippen LogP contribution in [-0.2, 0) is 6.54 Å². The van der Waals surface area contributed by atoms with Crippen molar-refractivity contribution >= 4 is 27.5 Å². The van der Waals surface area contributed by atoms with Crippen LogP contribution in [0.4, 0.5) is 0 Å². The Morgan fingerprint density at radius 2 is 1.93 bits per heavy atom. The summed E-state index contributed by atoms with van der Waals surface area (Å²) in [5.41, 5.74) is 2.12. The van der Waals surface area contributed by atoms with Gasteiger partial charge < -0.3 is 14.5 Å². The minimum absolute atomic E-state index is 0.0750. The Hall–Kier alpha value is -3.19. The van der Waals surface area contributed by atoms with Crippen molar-refractivity contribution in [3.8, 4) is 5.69 Å². The number of nitrogens with zero attached hydrogens (tertiary/aromatic N) is 3. The molecule has 3 heterocycles. The van der Waals surface area contributed by atoms with E-state index in [4.69, 9.17) is 0 Å². The van der Waals surface area contributed by atoms with Gasteiger partial charge in [-0.1, -0.05) is 6.92 Å². The van der Waals surface area contributed by atoms with E-state index < -0.39 is 0 Å². The molecule has 0 fully saturated rings. The summed E-state index contributed by atoms with van der Waals surface area (Å²) < 4.78 is 2.60. The van der Waals surface area contributed by atoms with E-state index in [0.717, 1.165) is 12.1 Å². The third-order valence-electron chi connectivity index (χ3n) is 4.50. The van der Waals surface area contributed by atoms with Crippen molar-refractivity contribution in [2.45, 2.75) is 19.9 Å². The van der Waals surface area contributed by atoms with E-state index in [9.17, 15) is 9.59 Å². The van der Waals surface area contributed by atoms with Crippen molar-refractivity contribution in [2.24, 2.45) is 0 Å². The molecule has 3 aromatic heterocycles. The van der Waals surface area contributed by atoms with Crippen molar-refractivity contribution in [3.63, 3.8) is 0 Å². The maximum absolute atomic E-state index is 13.0. The zero-order valence-corrected chi connectivity index (χ0v) is 16.3. The maximum Gasteiger partial charge on any atom is 0.268 e. The van der Waals surface area contributed by atoms with Gasteiger partial charge in [-0.25, -0.2) is 4.98 Å². The van der Waals surface area contributed by atoms with Gasteiger partial charge in [-0.2, -0.15) is 0 Å². The average Bonchev–Trinajstić information content (AvgIpc) is 3.39. The summed E-state index contributed by atoms with van der Waals surface area (Å²) in [5, 5.41) is 1.85. The Kier molecular flexibility index (Phi) is 5.08. The Morgan fingerprint density at radius 1 is 1.18 bits per heavy atom. The fourth-order valence-corrected chi connectivity index (χ4v) is 3.89. The molecule has 1 amide bonds. The van der Waals surface area contributed by atoms with Gasteiger partial charge in [0, 0.05) is 30.2 Å². The number of hydrogen-bond acceptors (Lipinski definition) is 4. The third kappa shape index (κ3) is 3.61. The molecule has 4 aromatic rings. The first-order chi connectivity index (χ1) is 13.7. The smallest absolute Gasteiger partial charge is 0.268 e. The van der Waals surface area contributed by atoms with Gasteiger partial charge in [0.15, 0.2) is 0 Å². The number of aromatic nitrogens is 3. The first kappa shape index (κ1) is 18.2. The summed E-state index contributed by atoms with van der Waals surface area (Å²) >= 11 is 1.37. The molecule has 0 radical (unpaired) electrons. The van der Waals surface area contributed by atoms with Crippen molar-refractivity contribution in [1.29, 1.82) is 0 Å². The Balaban J connectivity index is 1.57. The molecule has 1 aromatic carbocycles. The van der Waals surface area contributed by atoms with E-state index in [1.165, 1.54) is 11.3 Å². The third-order valence-corrected chi connectivity index (χ3v) is 5.40. The summed E-state index contributed by atoms with van der Waals surface area (Å²) in [6, 6.07) is 13.3. The number of carbonyl (C=O) groups excluding carboxylic acids is 1. The summed E-state index contributed by atoms with van der Waals surface area (Å²) in [6.07, 6.45) is 4.74. The van der Waals surface area contributed by atoms with Gasteiger partial charge in [-0.05, 0) is 54.3 Å². The van der Waals surface area contributed by atoms with Crippen LogP contribution in [0.5, 0.6) is 0 Å². The zero-order chi connectivity index (χ0) is 19.5. The number of nitrogens with one attached hydrogen (secondary N) is 1. The Bertz CT molecular complexity index is 1140. The lowest BCUT2D eigenvalue weighted by Gasteiger charge is -2.22. The number of fused-ring (bicyclic) bond motifs is 1. The quantitative estimate of drug-likeness (QED) is 0.542. The summed E-state index contributed by atoms with van der Waals surface area (Å²) in [5.74, 6) is 0.427. The molecular weight excluding hydrogens is 372 g/mol. The molecule has 0 bridgehead atoms. The van der Waals surface area contributed by atoms with Crippen LogP contribution in [0.2, 0.25) is 0 Å². The fraction of sp³-hybridized carbons (Fsp3) is 0.190. The Labute approximate surface area is 166 Å². The topological polar surface area (TPSA) is 71.0 Å². The van der Waals surface area contributed by atoms with Crippen LogP contribution in [0.25, 0.3) is 15.9 Å². The maximum atomic E-state index is 13.0. The molecule has 7 heteroatoms. The lowest BCUT2D eigenvalue weighted by Crippen LogP contribution is -2.32. The van der Waals surface area contributed by atoms with Crippen molar-refractivity contribution in [1.82, 2.24) is 19.4 Å². The molecule has 0 saturated carbocycles. The molecule has 6 nitrogen and oxygen atoms in total. The SMILES string of the molecule is CCCN(Cc1nc2ccsc2c(=O)[nH]1)C(=O)c1ccc(-n2cccc2)cc1. The van der Waals surface area contributed by atoms with Crippen LogP contribution in [0.3, 0.4) is 0 Å². The molecule has 0 aliphatic rings. The molecule has 0 atom stereocenters. The van der Waals surface area contributed by atoms with E-state index in [0.29, 0.717) is 28.1 Å². The summed E-state index contributed by atoms with van der Waals surface area (Å²) in [6.45, 7) is 2.88. The van der Waals surface area contributed by atoms with Gasteiger partial charge in [-0.15, -0.1) is 11.3 Å². The lowest BCUT2D eigenvalue weighted by molar-refractivity contribution is 0.0739. The van der Waals surface area contributed by atoms with Crippen LogP contribution in [0.15, 0.2) is 65.0 Å². The minimum Gasteiger partial charge on any atom is -0.331 e. The molecule has 0 saturated heterocycles. The van der Waals surface area contributed by atoms with E-state index in [2.05, 4.69) is 9.97 Å². The predicted molar refractivity (Wildman–Crippen MR) is 111 cm³/mol. The predicted octanol–water partition coefficient (Wildman–Crippen LogP) is 3.83. The van der Waals surface area contributed by atoms with Crippen LogP contribution in [-0.4, -0.2) is 31.9 Å². The standard InChI is InChI=1S/C21H20N4O2S/c1-2-10-25(14-18-22-17-9-13-28-19(17)20(26)23-18)21(27)15-5-7-16(8-6-15)24-11-3-4-12-24/h3-9,11-13H,2,10,14H2,1H3,(H,22,23,26). The van der Waals surface area contributed by atoms with Gasteiger partial charge in [0.25, 0.3) is 11.5 Å². The van der Waals surface area contributed by atoms with Crippen molar-refractivity contribution in [2.75, 3.05) is 6.54 Å². The second-order valence-corrected chi connectivity index (χ2v) is 7.43. The van der Waals surface area contributed by atoms with Gasteiger partial charge in [-0.3, -0.25) is 9.59 Å². The van der Waals surface area contributed by atoms with Gasteiger partial charge in [0.2, 0.25) is 0 Å². The van der Waals surface area contributed by atoms with Gasteiger partial charge >= 0.3 is 0 Å². The van der Waals surface area contributed by atoms with Gasteiger partial charge in [0.05, 0.1) is 12.1 Å².